The number of aromatic nitrogens is 5. The second-order valence-corrected chi connectivity index (χ2v) is 10.1. The van der Waals surface area contributed by atoms with Crippen LogP contribution in [0.15, 0.2) is 66.1 Å². The van der Waals surface area contributed by atoms with E-state index in [0.717, 1.165) is 24.5 Å². The van der Waals surface area contributed by atoms with Crippen molar-refractivity contribution < 1.29 is 30.7 Å². The summed E-state index contributed by atoms with van der Waals surface area (Å²) in [5.41, 5.74) is 0.576. The molecule has 0 fully saturated rings. The molecule has 1 aliphatic rings. The average Bonchev–Trinajstić information content (AvgIpc) is 3.39. The number of sulfone groups is 1. The van der Waals surface area contributed by atoms with E-state index in [-0.39, 0.29) is 28.9 Å². The zero-order chi connectivity index (χ0) is 25.5. The van der Waals surface area contributed by atoms with Gasteiger partial charge in [-0.05, 0) is 36.2 Å². The van der Waals surface area contributed by atoms with Crippen molar-refractivity contribution in [1.82, 2.24) is 25.0 Å². The second kappa shape index (κ2) is 8.97. The van der Waals surface area contributed by atoms with Crippen LogP contribution in [0.5, 0.6) is 5.75 Å². The third-order valence-corrected chi connectivity index (χ3v) is 7.39. The van der Waals surface area contributed by atoms with E-state index < -0.39 is 33.1 Å². The molecule has 0 bridgehead atoms. The lowest BCUT2D eigenvalue weighted by molar-refractivity contribution is -0.137. The average molecular weight is 519 g/mol. The van der Waals surface area contributed by atoms with Gasteiger partial charge in [-0.2, -0.15) is 13.2 Å². The predicted molar refractivity (Wildman–Crippen MR) is 118 cm³/mol. The van der Waals surface area contributed by atoms with Gasteiger partial charge in [-0.1, -0.05) is 17.3 Å². The molecule has 0 radical (unpaired) electrons. The van der Waals surface area contributed by atoms with Crippen molar-refractivity contribution in [2.75, 3.05) is 6.61 Å². The summed E-state index contributed by atoms with van der Waals surface area (Å²) >= 11 is 0. The van der Waals surface area contributed by atoms with E-state index in [4.69, 9.17) is 4.74 Å². The van der Waals surface area contributed by atoms with Gasteiger partial charge in [0.25, 0.3) is 0 Å². The van der Waals surface area contributed by atoms with Crippen LogP contribution in [0.1, 0.15) is 34.9 Å². The van der Waals surface area contributed by atoms with E-state index >= 15 is 0 Å². The third-order valence-electron chi connectivity index (χ3n) is 5.78. The Morgan fingerprint density at radius 1 is 1.06 bits per heavy atom. The highest BCUT2D eigenvalue weighted by molar-refractivity contribution is 7.90. The van der Waals surface area contributed by atoms with E-state index in [1.54, 1.807) is 6.07 Å². The van der Waals surface area contributed by atoms with E-state index in [9.17, 15) is 26.0 Å². The highest BCUT2D eigenvalue weighted by atomic mass is 32.2. The number of benzene rings is 2. The highest BCUT2D eigenvalue weighted by Gasteiger charge is 2.33. The fourth-order valence-corrected chi connectivity index (χ4v) is 5.32. The van der Waals surface area contributed by atoms with Crippen molar-refractivity contribution in [1.29, 1.82) is 0 Å². The summed E-state index contributed by atoms with van der Waals surface area (Å²) in [6.07, 6.45) is 0.495. The van der Waals surface area contributed by atoms with Crippen LogP contribution in [-0.4, -0.2) is 40.0 Å². The summed E-state index contributed by atoms with van der Waals surface area (Å²) in [4.78, 5) is 7.35. The lowest BCUT2D eigenvalue weighted by atomic mass is 9.85. The molecule has 0 saturated heterocycles. The fraction of sp³-hybridized carbons (Fsp3) is 0.217. The van der Waals surface area contributed by atoms with Gasteiger partial charge in [0, 0.05) is 11.5 Å². The molecular weight excluding hydrogens is 502 g/mol. The number of hydrogen-bond donors (Lipinski definition) is 0. The summed E-state index contributed by atoms with van der Waals surface area (Å²) < 4.78 is 86.1. The number of fused-ring (bicyclic) bond motifs is 1. The molecule has 1 atom stereocenters. The molecular formula is C23H17F4N5O3S. The number of rotatable bonds is 5. The number of ether oxygens (including phenoxy) is 1. The second-order valence-electron chi connectivity index (χ2n) is 8.08. The molecule has 2 aromatic heterocycles. The quantitative estimate of drug-likeness (QED) is 0.366. The van der Waals surface area contributed by atoms with E-state index in [0.29, 0.717) is 23.3 Å². The van der Waals surface area contributed by atoms with Crippen LogP contribution >= 0.6 is 0 Å². The molecule has 186 valence electrons. The van der Waals surface area contributed by atoms with Gasteiger partial charge in [-0.25, -0.2) is 27.5 Å². The van der Waals surface area contributed by atoms with Crippen LogP contribution in [0.25, 0.3) is 5.69 Å². The van der Waals surface area contributed by atoms with Crippen molar-refractivity contribution in [3.8, 4) is 11.4 Å². The van der Waals surface area contributed by atoms with Crippen LogP contribution in [0.2, 0.25) is 0 Å². The van der Waals surface area contributed by atoms with Crippen LogP contribution in [0.4, 0.5) is 17.6 Å². The number of halogens is 4. The Balaban J connectivity index is 1.53. The summed E-state index contributed by atoms with van der Waals surface area (Å²) in [5.74, 6) is -1.36. The predicted octanol–water partition coefficient (Wildman–Crippen LogP) is 4.10. The van der Waals surface area contributed by atoms with Gasteiger partial charge in [0.1, 0.15) is 17.3 Å². The van der Waals surface area contributed by atoms with Crippen LogP contribution in [-0.2, 0) is 21.8 Å². The van der Waals surface area contributed by atoms with Crippen LogP contribution in [0, 0.1) is 5.82 Å². The van der Waals surface area contributed by atoms with Gasteiger partial charge >= 0.3 is 6.18 Å². The number of alkyl halides is 3. The SMILES string of the molecule is O=S(=O)(Cc1ncc(F)cn1)c1ccc2c(c1)OCC[C@@H]2c1ccc(C(F)(F)F)cc1-n1ccnn1. The Hall–Kier alpha value is -3.87. The van der Waals surface area contributed by atoms with Crippen molar-refractivity contribution in [2.24, 2.45) is 0 Å². The van der Waals surface area contributed by atoms with Crippen molar-refractivity contribution in [3.63, 3.8) is 0 Å². The summed E-state index contributed by atoms with van der Waals surface area (Å²) in [6.45, 7) is 0.222. The zero-order valence-electron chi connectivity index (χ0n) is 18.4. The molecule has 4 aromatic rings. The molecule has 0 unspecified atom stereocenters. The van der Waals surface area contributed by atoms with Gasteiger partial charge in [0.15, 0.2) is 15.7 Å². The third kappa shape index (κ3) is 4.65. The Kier molecular flexibility index (Phi) is 5.94. The smallest absolute Gasteiger partial charge is 0.416 e. The summed E-state index contributed by atoms with van der Waals surface area (Å²) in [7, 11) is -3.88. The van der Waals surface area contributed by atoms with E-state index in [1.807, 2.05) is 0 Å². The lowest BCUT2D eigenvalue weighted by Crippen LogP contribution is -2.18. The van der Waals surface area contributed by atoms with Gasteiger partial charge in [0.05, 0.1) is 47.5 Å². The minimum absolute atomic E-state index is 0.0428. The maximum atomic E-state index is 13.4. The zero-order valence-corrected chi connectivity index (χ0v) is 19.2. The van der Waals surface area contributed by atoms with Crippen molar-refractivity contribution in [3.05, 3.63) is 89.5 Å². The van der Waals surface area contributed by atoms with Crippen LogP contribution < -0.4 is 4.74 Å². The Bertz CT molecular complexity index is 1510. The molecule has 5 rings (SSSR count). The standard InChI is InChI=1S/C23H17F4N5O3S/c24-15-11-28-22(29-12-15)13-36(33,34)16-2-4-19-17(5-8-35-21(19)10-16)18-3-1-14(23(25,26)27)9-20(18)32-7-6-30-31-32/h1-4,6-7,9-12,17H,5,8,13H2/t17-/m1/s1. The Morgan fingerprint density at radius 2 is 1.81 bits per heavy atom. The largest absolute Gasteiger partial charge is 0.493 e. The summed E-state index contributed by atoms with van der Waals surface area (Å²) in [5, 5.41) is 7.57. The number of hydrogen-bond acceptors (Lipinski definition) is 7. The first-order valence-corrected chi connectivity index (χ1v) is 12.3. The molecule has 0 spiro atoms. The summed E-state index contributed by atoms with van der Waals surface area (Å²) in [6, 6.07) is 7.78. The van der Waals surface area contributed by atoms with E-state index in [2.05, 4.69) is 20.3 Å². The molecule has 0 amide bonds. The molecule has 36 heavy (non-hydrogen) atoms. The van der Waals surface area contributed by atoms with E-state index in [1.165, 1.54) is 35.3 Å². The maximum absolute atomic E-state index is 13.4. The van der Waals surface area contributed by atoms with Crippen molar-refractivity contribution >= 4 is 9.84 Å². The first-order chi connectivity index (χ1) is 17.1. The molecule has 3 heterocycles. The highest BCUT2D eigenvalue weighted by Crippen LogP contribution is 2.42. The normalized spacial score (nSPS) is 15.8. The molecule has 0 N–H and O–H groups in total. The van der Waals surface area contributed by atoms with Gasteiger partial charge in [0.2, 0.25) is 0 Å². The lowest BCUT2D eigenvalue weighted by Gasteiger charge is -2.28. The molecule has 13 heteroatoms. The van der Waals surface area contributed by atoms with Crippen LogP contribution in [0.3, 0.4) is 0 Å². The topological polar surface area (TPSA) is 99.9 Å². The first-order valence-electron chi connectivity index (χ1n) is 10.7. The van der Waals surface area contributed by atoms with Gasteiger partial charge < -0.3 is 4.74 Å². The van der Waals surface area contributed by atoms with Crippen molar-refractivity contribution in [2.45, 2.75) is 29.2 Å². The monoisotopic (exact) mass is 519 g/mol. The fourth-order valence-electron chi connectivity index (χ4n) is 4.10. The number of nitrogens with zero attached hydrogens (tertiary/aromatic N) is 5. The maximum Gasteiger partial charge on any atom is 0.416 e. The Labute approximate surface area is 202 Å². The van der Waals surface area contributed by atoms with Gasteiger partial charge in [-0.3, -0.25) is 0 Å². The van der Waals surface area contributed by atoms with Gasteiger partial charge in [-0.15, -0.1) is 5.10 Å². The minimum Gasteiger partial charge on any atom is -0.493 e. The Morgan fingerprint density at radius 3 is 2.50 bits per heavy atom. The first kappa shape index (κ1) is 23.9. The molecule has 1 aliphatic heterocycles. The molecule has 0 saturated carbocycles. The molecule has 8 nitrogen and oxygen atoms in total. The minimum atomic E-state index is -4.54. The molecule has 2 aromatic carbocycles. The molecule has 0 aliphatic carbocycles.